The highest BCUT2D eigenvalue weighted by Gasteiger charge is 2.18. The lowest BCUT2D eigenvalue weighted by Gasteiger charge is -2.12. The van der Waals surface area contributed by atoms with Crippen LogP contribution in [-0.2, 0) is 4.74 Å². The van der Waals surface area contributed by atoms with Crippen LogP contribution in [0.2, 0.25) is 0 Å². The third-order valence-electron chi connectivity index (χ3n) is 2.95. The van der Waals surface area contributed by atoms with Crippen LogP contribution in [0.4, 0.5) is 14.9 Å². The van der Waals surface area contributed by atoms with Crippen LogP contribution in [0.3, 0.4) is 0 Å². The number of anilines is 1. The van der Waals surface area contributed by atoms with Crippen LogP contribution in [-0.4, -0.2) is 37.0 Å². The molecule has 0 bridgehead atoms. The summed E-state index contributed by atoms with van der Waals surface area (Å²) in [6, 6.07) is 3.84. The summed E-state index contributed by atoms with van der Waals surface area (Å²) in [4.78, 5) is 11.7. The second-order valence-corrected chi connectivity index (χ2v) is 4.63. The molecule has 6 heteroatoms. The van der Waals surface area contributed by atoms with Gasteiger partial charge in [-0.25, -0.2) is 9.18 Å². The second kappa shape index (κ2) is 7.62. The van der Waals surface area contributed by atoms with Gasteiger partial charge in [-0.2, -0.15) is 0 Å². The van der Waals surface area contributed by atoms with Crippen molar-refractivity contribution in [3.63, 3.8) is 0 Å². The highest BCUT2D eigenvalue weighted by Crippen LogP contribution is 2.15. The molecule has 3 N–H and O–H groups in total. The Labute approximate surface area is 122 Å². The Balaban J connectivity index is 1.94. The fraction of sp³-hybridized carbons (Fsp3) is 0.400. The van der Waals surface area contributed by atoms with E-state index >= 15 is 0 Å². The molecular weight excluding hydrogens is 275 g/mol. The molecule has 0 aliphatic carbocycles. The summed E-state index contributed by atoms with van der Waals surface area (Å²) < 4.78 is 19.0. The van der Waals surface area contributed by atoms with Crippen molar-refractivity contribution < 1.29 is 19.0 Å². The van der Waals surface area contributed by atoms with E-state index in [1.807, 2.05) is 0 Å². The van der Waals surface area contributed by atoms with Crippen LogP contribution in [0.25, 0.3) is 0 Å². The normalized spacial score (nSPS) is 17.0. The van der Waals surface area contributed by atoms with Gasteiger partial charge in [0.05, 0.1) is 24.9 Å². The number of ether oxygens (including phenoxy) is 1. The first-order valence-corrected chi connectivity index (χ1v) is 6.73. The lowest BCUT2D eigenvalue weighted by atomic mass is 10.2. The zero-order chi connectivity index (χ0) is 15.1. The van der Waals surface area contributed by atoms with Crippen LogP contribution >= 0.6 is 0 Å². The van der Waals surface area contributed by atoms with Gasteiger partial charge in [-0.1, -0.05) is 11.8 Å². The minimum atomic E-state index is -0.552. The molecule has 1 aliphatic heterocycles. The van der Waals surface area contributed by atoms with Crippen molar-refractivity contribution in [2.75, 3.05) is 25.1 Å². The number of rotatable bonds is 3. The van der Waals surface area contributed by atoms with Gasteiger partial charge >= 0.3 is 6.03 Å². The molecule has 0 spiro atoms. The molecule has 2 amide bonds. The zero-order valence-electron chi connectivity index (χ0n) is 11.5. The van der Waals surface area contributed by atoms with E-state index in [-0.39, 0.29) is 18.3 Å². The van der Waals surface area contributed by atoms with Crippen molar-refractivity contribution in [2.24, 2.45) is 0 Å². The molecule has 1 aromatic carbocycles. The van der Waals surface area contributed by atoms with Gasteiger partial charge in [0.25, 0.3) is 0 Å². The Hall–Kier alpha value is -2.10. The summed E-state index contributed by atoms with van der Waals surface area (Å²) in [6.45, 7) is 1.08. The summed E-state index contributed by atoms with van der Waals surface area (Å²) in [5, 5.41) is 13.8. The van der Waals surface area contributed by atoms with Gasteiger partial charge in [0.1, 0.15) is 5.82 Å². The van der Waals surface area contributed by atoms with Gasteiger partial charge in [0, 0.05) is 18.6 Å². The Morgan fingerprint density at radius 3 is 3.05 bits per heavy atom. The number of aliphatic hydroxyl groups is 1. The lowest BCUT2D eigenvalue weighted by molar-refractivity contribution is 0.189. The number of amides is 2. The molecule has 0 aromatic heterocycles. The predicted octanol–water partition coefficient (Wildman–Crippen LogP) is 1.47. The summed E-state index contributed by atoms with van der Waals surface area (Å²) in [6.07, 6.45) is 1.10. The Kier molecular flexibility index (Phi) is 5.55. The van der Waals surface area contributed by atoms with Gasteiger partial charge in [-0.05, 0) is 24.6 Å². The molecule has 1 fully saturated rings. The number of benzene rings is 1. The van der Waals surface area contributed by atoms with Crippen molar-refractivity contribution in [3.05, 3.63) is 29.6 Å². The van der Waals surface area contributed by atoms with Crippen molar-refractivity contribution in [2.45, 2.75) is 18.9 Å². The predicted molar refractivity (Wildman–Crippen MR) is 76.4 cm³/mol. The van der Waals surface area contributed by atoms with E-state index in [0.717, 1.165) is 6.42 Å². The summed E-state index contributed by atoms with van der Waals surface area (Å²) >= 11 is 0. The maximum Gasteiger partial charge on any atom is 0.319 e. The molecule has 1 aliphatic rings. The van der Waals surface area contributed by atoms with E-state index in [2.05, 4.69) is 22.5 Å². The van der Waals surface area contributed by atoms with E-state index in [4.69, 9.17) is 9.84 Å². The number of carbonyl (C=O) groups is 1. The Morgan fingerprint density at radius 2 is 2.38 bits per heavy atom. The van der Waals surface area contributed by atoms with Crippen LogP contribution < -0.4 is 10.6 Å². The molecule has 0 saturated carbocycles. The van der Waals surface area contributed by atoms with Gasteiger partial charge in [0.2, 0.25) is 0 Å². The number of aliphatic hydroxyl groups excluding tert-OH is 1. The SMILES string of the molecule is O=C(Nc1ccc(C#CCCO)cc1F)NC1CCOC1. The topological polar surface area (TPSA) is 70.6 Å². The molecule has 112 valence electrons. The summed E-state index contributed by atoms with van der Waals surface area (Å²) in [7, 11) is 0. The molecular formula is C15H17FN2O3. The summed E-state index contributed by atoms with van der Waals surface area (Å²) in [5.41, 5.74) is 0.593. The fourth-order valence-electron chi connectivity index (χ4n) is 1.91. The number of halogens is 1. The highest BCUT2D eigenvalue weighted by molar-refractivity contribution is 5.89. The zero-order valence-corrected chi connectivity index (χ0v) is 11.5. The van der Waals surface area contributed by atoms with E-state index < -0.39 is 11.8 Å². The maximum atomic E-state index is 13.8. The molecule has 5 nitrogen and oxygen atoms in total. The minimum Gasteiger partial charge on any atom is -0.395 e. The lowest BCUT2D eigenvalue weighted by Crippen LogP contribution is -2.38. The molecule has 1 atom stereocenters. The molecule has 0 radical (unpaired) electrons. The second-order valence-electron chi connectivity index (χ2n) is 4.63. The van der Waals surface area contributed by atoms with Crippen molar-refractivity contribution in [1.29, 1.82) is 0 Å². The van der Waals surface area contributed by atoms with E-state index in [1.165, 1.54) is 12.1 Å². The molecule has 1 unspecified atom stereocenters. The van der Waals surface area contributed by atoms with Crippen molar-refractivity contribution in [3.8, 4) is 11.8 Å². The van der Waals surface area contributed by atoms with E-state index in [1.54, 1.807) is 6.07 Å². The smallest absolute Gasteiger partial charge is 0.319 e. The average molecular weight is 292 g/mol. The fourth-order valence-corrected chi connectivity index (χ4v) is 1.91. The largest absolute Gasteiger partial charge is 0.395 e. The average Bonchev–Trinajstić information content (AvgIpc) is 2.95. The molecule has 21 heavy (non-hydrogen) atoms. The van der Waals surface area contributed by atoms with E-state index in [9.17, 15) is 9.18 Å². The van der Waals surface area contributed by atoms with Crippen LogP contribution in [0.1, 0.15) is 18.4 Å². The molecule has 1 aromatic rings. The van der Waals surface area contributed by atoms with Gasteiger partial charge in [0.15, 0.2) is 0 Å². The Morgan fingerprint density at radius 1 is 1.52 bits per heavy atom. The van der Waals surface area contributed by atoms with Gasteiger partial charge in [-0.15, -0.1) is 0 Å². The monoisotopic (exact) mass is 292 g/mol. The van der Waals surface area contributed by atoms with Crippen molar-refractivity contribution in [1.82, 2.24) is 5.32 Å². The van der Waals surface area contributed by atoms with Crippen molar-refractivity contribution >= 4 is 11.7 Å². The molecule has 2 rings (SSSR count). The number of urea groups is 1. The third kappa shape index (κ3) is 4.74. The first-order chi connectivity index (χ1) is 10.2. The highest BCUT2D eigenvalue weighted by atomic mass is 19.1. The third-order valence-corrected chi connectivity index (χ3v) is 2.95. The molecule has 1 heterocycles. The van der Waals surface area contributed by atoms with Crippen LogP contribution in [0, 0.1) is 17.7 Å². The van der Waals surface area contributed by atoms with Gasteiger partial charge < -0.3 is 20.5 Å². The number of hydrogen-bond donors (Lipinski definition) is 3. The van der Waals surface area contributed by atoms with Gasteiger partial charge in [-0.3, -0.25) is 0 Å². The Bertz CT molecular complexity index is 560. The van der Waals surface area contributed by atoms with E-state index in [0.29, 0.717) is 25.2 Å². The summed E-state index contributed by atoms with van der Waals surface area (Å²) in [5.74, 6) is 4.89. The number of nitrogens with one attached hydrogen (secondary N) is 2. The minimum absolute atomic E-state index is 0.0276. The molecule has 1 saturated heterocycles. The first-order valence-electron chi connectivity index (χ1n) is 6.73. The number of hydrogen-bond acceptors (Lipinski definition) is 3. The quantitative estimate of drug-likeness (QED) is 0.739. The standard InChI is InChI=1S/C15H17FN2O3/c16-13-9-11(3-1-2-7-19)4-5-14(13)18-15(20)17-12-6-8-21-10-12/h4-5,9,12,19H,2,6-8,10H2,(H2,17,18,20). The van der Waals surface area contributed by atoms with Crippen LogP contribution in [0.5, 0.6) is 0 Å². The first kappa shape index (κ1) is 15.3. The number of carbonyl (C=O) groups excluding carboxylic acids is 1. The van der Waals surface area contributed by atoms with Crippen LogP contribution in [0.15, 0.2) is 18.2 Å². The maximum absolute atomic E-state index is 13.8.